The Labute approximate surface area is 141 Å². The summed E-state index contributed by atoms with van der Waals surface area (Å²) < 4.78 is 0. The van der Waals surface area contributed by atoms with E-state index in [1.54, 1.807) is 6.92 Å². The second-order valence-corrected chi connectivity index (χ2v) is 6.71. The molecule has 0 radical (unpaired) electrons. The van der Waals surface area contributed by atoms with Crippen LogP contribution in [0.2, 0.25) is 0 Å². The van der Waals surface area contributed by atoms with E-state index < -0.39 is 11.6 Å². The molecule has 1 spiro atoms. The van der Waals surface area contributed by atoms with Crippen LogP contribution in [0.3, 0.4) is 0 Å². The van der Waals surface area contributed by atoms with E-state index in [9.17, 15) is 14.4 Å². The predicted octanol–water partition coefficient (Wildman–Crippen LogP) is 1.72. The Morgan fingerprint density at radius 1 is 1.25 bits per heavy atom. The van der Waals surface area contributed by atoms with Crippen LogP contribution in [0.1, 0.15) is 49.5 Å². The van der Waals surface area contributed by atoms with Gasteiger partial charge in [-0.05, 0) is 19.4 Å². The lowest BCUT2D eigenvalue weighted by Gasteiger charge is -2.38. The molecule has 2 saturated heterocycles. The van der Waals surface area contributed by atoms with Crippen molar-refractivity contribution in [3.8, 4) is 0 Å². The quantitative estimate of drug-likeness (QED) is 0.830. The fourth-order valence-corrected chi connectivity index (χ4v) is 4.63. The van der Waals surface area contributed by atoms with Crippen molar-refractivity contribution < 1.29 is 14.4 Å². The second kappa shape index (κ2) is 4.89. The molecule has 3 amide bonds. The highest BCUT2D eigenvalue weighted by Gasteiger charge is 2.71. The number of rotatable bonds is 2. The smallest absolute Gasteiger partial charge is 0.256 e. The van der Waals surface area contributed by atoms with E-state index in [0.29, 0.717) is 12.1 Å². The van der Waals surface area contributed by atoms with Crippen molar-refractivity contribution in [1.82, 2.24) is 14.9 Å². The summed E-state index contributed by atoms with van der Waals surface area (Å²) in [4.78, 5) is 40.3. The topological polar surface area (TPSA) is 60.9 Å². The Kier molecular flexibility index (Phi) is 3.12. The molecule has 3 aliphatic heterocycles. The SMILES string of the molecule is CCC(=O)N1C(=O)[C@H](C)[C@]23c4ccccc4C(=O)N2[C@@H](CC)CN13. The number of benzene rings is 1. The highest BCUT2D eigenvalue weighted by atomic mass is 16.2. The average Bonchev–Trinajstić information content (AvgIpc) is 3.14. The summed E-state index contributed by atoms with van der Waals surface area (Å²) in [6.45, 7) is 6.14. The molecule has 0 unspecified atom stereocenters. The summed E-state index contributed by atoms with van der Waals surface area (Å²) in [6.07, 6.45) is 1.05. The minimum Gasteiger partial charge on any atom is -0.309 e. The van der Waals surface area contributed by atoms with Crippen LogP contribution in [0.5, 0.6) is 0 Å². The fourth-order valence-electron chi connectivity index (χ4n) is 4.63. The molecule has 1 aromatic carbocycles. The van der Waals surface area contributed by atoms with Crippen LogP contribution in [0.15, 0.2) is 24.3 Å². The van der Waals surface area contributed by atoms with Crippen LogP contribution < -0.4 is 0 Å². The molecule has 1 aromatic rings. The molecule has 126 valence electrons. The predicted molar refractivity (Wildman–Crippen MR) is 86.4 cm³/mol. The zero-order valence-electron chi connectivity index (χ0n) is 14.2. The van der Waals surface area contributed by atoms with Crippen LogP contribution in [0.25, 0.3) is 0 Å². The molecule has 3 aliphatic rings. The van der Waals surface area contributed by atoms with E-state index in [4.69, 9.17) is 0 Å². The van der Waals surface area contributed by atoms with Crippen LogP contribution in [-0.4, -0.2) is 45.2 Å². The first-order chi connectivity index (χ1) is 11.5. The minimum absolute atomic E-state index is 0.00685. The van der Waals surface area contributed by atoms with Crippen LogP contribution in [-0.2, 0) is 15.3 Å². The molecule has 4 rings (SSSR count). The lowest BCUT2D eigenvalue weighted by Crippen LogP contribution is -2.52. The first-order valence-corrected chi connectivity index (χ1v) is 8.57. The largest absolute Gasteiger partial charge is 0.309 e. The zero-order valence-corrected chi connectivity index (χ0v) is 14.2. The third-order valence-electron chi connectivity index (χ3n) is 5.72. The van der Waals surface area contributed by atoms with Gasteiger partial charge in [-0.25, -0.2) is 5.01 Å². The molecule has 0 bridgehead atoms. The maximum atomic E-state index is 13.1. The molecule has 3 heterocycles. The van der Waals surface area contributed by atoms with Gasteiger partial charge in [-0.1, -0.05) is 32.0 Å². The first-order valence-electron chi connectivity index (χ1n) is 8.57. The van der Waals surface area contributed by atoms with Gasteiger partial charge in [0, 0.05) is 30.1 Å². The summed E-state index contributed by atoms with van der Waals surface area (Å²) in [5.74, 6) is -0.939. The third-order valence-corrected chi connectivity index (χ3v) is 5.72. The minimum atomic E-state index is -0.851. The fraction of sp³-hybridized carbons (Fsp3) is 0.500. The number of carbonyl (C=O) groups excluding carboxylic acids is 3. The van der Waals surface area contributed by atoms with Gasteiger partial charge in [0.25, 0.3) is 11.8 Å². The molecule has 6 nitrogen and oxygen atoms in total. The van der Waals surface area contributed by atoms with E-state index in [0.717, 1.165) is 12.0 Å². The Bertz CT molecular complexity index is 762. The standard InChI is InChI=1S/C18H21N3O3/c1-4-12-10-19-18(11(3)16(23)21(19)15(22)5-2)14-9-7-6-8-13(14)17(24)20(12)18/h6-9,11-12H,4-5,10H2,1-3H3/t11-,12-,18+/m0/s1. The van der Waals surface area contributed by atoms with E-state index in [1.165, 1.54) is 5.01 Å². The van der Waals surface area contributed by atoms with Crippen molar-refractivity contribution >= 4 is 17.7 Å². The maximum absolute atomic E-state index is 13.1. The monoisotopic (exact) mass is 327 g/mol. The Balaban J connectivity index is 1.98. The second-order valence-electron chi connectivity index (χ2n) is 6.71. The summed E-state index contributed by atoms with van der Waals surface area (Å²) in [6, 6.07) is 7.47. The van der Waals surface area contributed by atoms with Gasteiger partial charge < -0.3 is 4.90 Å². The Morgan fingerprint density at radius 2 is 1.96 bits per heavy atom. The molecule has 0 saturated carbocycles. The van der Waals surface area contributed by atoms with Gasteiger partial charge in [0.2, 0.25) is 5.91 Å². The van der Waals surface area contributed by atoms with Crippen LogP contribution >= 0.6 is 0 Å². The summed E-state index contributed by atoms with van der Waals surface area (Å²) in [5.41, 5.74) is 0.639. The molecule has 0 aromatic heterocycles. The number of nitrogens with zero attached hydrogens (tertiary/aromatic N) is 3. The van der Waals surface area contributed by atoms with Gasteiger partial charge >= 0.3 is 0 Å². The van der Waals surface area contributed by atoms with Crippen molar-refractivity contribution in [1.29, 1.82) is 0 Å². The van der Waals surface area contributed by atoms with Crippen molar-refractivity contribution in [2.75, 3.05) is 6.54 Å². The van der Waals surface area contributed by atoms with Gasteiger partial charge in [-0.15, -0.1) is 0 Å². The van der Waals surface area contributed by atoms with Crippen molar-refractivity contribution in [2.24, 2.45) is 5.92 Å². The molecule has 3 atom stereocenters. The van der Waals surface area contributed by atoms with Gasteiger partial charge in [-0.3, -0.25) is 14.4 Å². The summed E-state index contributed by atoms with van der Waals surface area (Å²) in [5, 5.41) is 3.15. The number of fused-ring (bicyclic) bond motifs is 1. The zero-order chi connectivity index (χ0) is 17.2. The number of carbonyl (C=O) groups is 3. The van der Waals surface area contributed by atoms with E-state index in [2.05, 4.69) is 0 Å². The summed E-state index contributed by atoms with van der Waals surface area (Å²) in [7, 11) is 0. The average molecular weight is 327 g/mol. The molecule has 2 fully saturated rings. The van der Waals surface area contributed by atoms with Crippen molar-refractivity contribution in [2.45, 2.75) is 45.3 Å². The molecule has 24 heavy (non-hydrogen) atoms. The van der Waals surface area contributed by atoms with Crippen molar-refractivity contribution in [3.63, 3.8) is 0 Å². The number of hydrogen-bond donors (Lipinski definition) is 0. The number of amides is 3. The first kappa shape index (κ1) is 15.3. The maximum Gasteiger partial charge on any atom is 0.256 e. The Hall–Kier alpha value is -2.21. The number of hydrazine groups is 1. The molecule has 0 N–H and O–H groups in total. The van der Waals surface area contributed by atoms with Crippen LogP contribution in [0, 0.1) is 5.92 Å². The Morgan fingerprint density at radius 3 is 2.62 bits per heavy atom. The highest BCUT2D eigenvalue weighted by Crippen LogP contribution is 2.56. The van der Waals surface area contributed by atoms with Crippen molar-refractivity contribution in [3.05, 3.63) is 35.4 Å². The van der Waals surface area contributed by atoms with Gasteiger partial charge in [-0.2, -0.15) is 5.01 Å². The number of hydrogen-bond acceptors (Lipinski definition) is 4. The molecule has 0 aliphatic carbocycles. The van der Waals surface area contributed by atoms with E-state index in [-0.39, 0.29) is 30.2 Å². The lowest BCUT2D eigenvalue weighted by atomic mass is 9.88. The number of imide groups is 1. The molecular weight excluding hydrogens is 306 g/mol. The highest BCUT2D eigenvalue weighted by molar-refractivity contribution is 6.04. The normalized spacial score (nSPS) is 31.5. The lowest BCUT2D eigenvalue weighted by molar-refractivity contribution is -0.159. The van der Waals surface area contributed by atoms with Crippen LogP contribution in [0.4, 0.5) is 0 Å². The third kappa shape index (κ3) is 1.48. The van der Waals surface area contributed by atoms with Gasteiger partial charge in [0.1, 0.15) is 0 Å². The van der Waals surface area contributed by atoms with E-state index >= 15 is 0 Å². The summed E-state index contributed by atoms with van der Waals surface area (Å²) >= 11 is 0. The van der Waals surface area contributed by atoms with E-state index in [1.807, 2.05) is 48.0 Å². The molecule has 6 heteroatoms. The van der Waals surface area contributed by atoms with Gasteiger partial charge in [0.15, 0.2) is 5.66 Å². The van der Waals surface area contributed by atoms with Gasteiger partial charge in [0.05, 0.1) is 5.92 Å². The molecular formula is C18H21N3O3.